The minimum Gasteiger partial charge on any atom is -0.469 e. The molecule has 0 spiro atoms. The fourth-order valence-corrected chi connectivity index (χ4v) is 5.15. The first kappa shape index (κ1) is 20.2. The molecule has 1 heterocycles. The number of ether oxygens (including phenoxy) is 1. The van der Waals surface area contributed by atoms with Crippen LogP contribution in [-0.2, 0) is 16.0 Å². The number of carbonyl (C=O) groups is 1. The number of rotatable bonds is 4. The van der Waals surface area contributed by atoms with Crippen LogP contribution in [-0.4, -0.2) is 31.1 Å². The highest BCUT2D eigenvalue weighted by Crippen LogP contribution is 2.40. The molecule has 1 aliphatic carbocycles. The average Bonchev–Trinajstić information content (AvgIpc) is 3.16. The molecule has 1 fully saturated rings. The number of carbonyl (C=O) groups excluding carboxylic acids is 1. The van der Waals surface area contributed by atoms with Gasteiger partial charge in [0.2, 0.25) is 0 Å². The summed E-state index contributed by atoms with van der Waals surface area (Å²) >= 11 is 6.46. The van der Waals surface area contributed by atoms with Gasteiger partial charge in [-0.15, -0.1) is 0 Å². The van der Waals surface area contributed by atoms with Crippen molar-refractivity contribution in [2.75, 3.05) is 20.2 Å². The molecular formula is C25H28ClNO2. The van der Waals surface area contributed by atoms with Gasteiger partial charge in [0.1, 0.15) is 0 Å². The Morgan fingerprint density at radius 2 is 1.79 bits per heavy atom. The van der Waals surface area contributed by atoms with E-state index in [4.69, 9.17) is 16.3 Å². The molecular weight excluding hydrogens is 382 g/mol. The zero-order valence-electron chi connectivity index (χ0n) is 17.2. The van der Waals surface area contributed by atoms with Crippen molar-refractivity contribution < 1.29 is 9.53 Å². The van der Waals surface area contributed by atoms with Crippen molar-refractivity contribution in [1.29, 1.82) is 0 Å². The summed E-state index contributed by atoms with van der Waals surface area (Å²) < 4.78 is 4.92. The molecule has 0 amide bonds. The molecule has 0 radical (unpaired) electrons. The Bertz CT molecular complexity index is 944. The first-order valence-electron chi connectivity index (χ1n) is 10.4. The van der Waals surface area contributed by atoms with Gasteiger partial charge < -0.3 is 4.74 Å². The van der Waals surface area contributed by atoms with Gasteiger partial charge in [-0.25, -0.2) is 0 Å². The molecule has 0 N–H and O–H groups in total. The molecule has 29 heavy (non-hydrogen) atoms. The summed E-state index contributed by atoms with van der Waals surface area (Å²) in [7, 11) is 1.48. The first-order valence-corrected chi connectivity index (χ1v) is 10.8. The monoisotopic (exact) mass is 409 g/mol. The zero-order chi connectivity index (χ0) is 20.5. The van der Waals surface area contributed by atoms with E-state index in [9.17, 15) is 4.79 Å². The maximum atomic E-state index is 11.8. The van der Waals surface area contributed by atoms with Crippen molar-refractivity contribution in [1.82, 2.24) is 4.90 Å². The number of likely N-dealkylation sites (tertiary alicyclic amines) is 1. The number of hydrogen-bond donors (Lipinski definition) is 0. The third-order valence-corrected chi connectivity index (χ3v) is 6.77. The molecule has 2 aromatic carbocycles. The number of benzene rings is 2. The molecule has 1 aliphatic heterocycles. The topological polar surface area (TPSA) is 29.5 Å². The van der Waals surface area contributed by atoms with E-state index in [1.54, 1.807) is 0 Å². The predicted octanol–water partition coefficient (Wildman–Crippen LogP) is 5.91. The van der Waals surface area contributed by atoms with Gasteiger partial charge in [-0.1, -0.05) is 48.5 Å². The lowest BCUT2D eigenvalue weighted by molar-refractivity contribution is -0.147. The quantitative estimate of drug-likeness (QED) is 0.587. The molecule has 1 atom stereocenters. The molecule has 0 bridgehead atoms. The summed E-state index contributed by atoms with van der Waals surface area (Å²) in [5, 5.41) is 0.752. The van der Waals surface area contributed by atoms with Crippen molar-refractivity contribution in [2.24, 2.45) is 5.92 Å². The number of fused-ring (bicyclic) bond motifs is 1. The van der Waals surface area contributed by atoms with Gasteiger partial charge >= 0.3 is 5.97 Å². The van der Waals surface area contributed by atoms with Crippen LogP contribution in [0.5, 0.6) is 0 Å². The van der Waals surface area contributed by atoms with Crippen LogP contribution in [0, 0.1) is 5.92 Å². The third-order valence-electron chi connectivity index (χ3n) is 6.46. The highest BCUT2D eigenvalue weighted by Gasteiger charge is 2.33. The van der Waals surface area contributed by atoms with Crippen LogP contribution in [0.4, 0.5) is 0 Å². The molecule has 1 unspecified atom stereocenters. The Kier molecular flexibility index (Phi) is 5.80. The Labute approximate surface area is 178 Å². The van der Waals surface area contributed by atoms with E-state index in [0.29, 0.717) is 6.04 Å². The van der Waals surface area contributed by atoms with Crippen LogP contribution < -0.4 is 0 Å². The summed E-state index contributed by atoms with van der Waals surface area (Å²) in [6.45, 7) is 7.89. The average molecular weight is 410 g/mol. The minimum atomic E-state index is -0.0579. The van der Waals surface area contributed by atoms with Crippen LogP contribution in [0.2, 0.25) is 5.02 Å². The van der Waals surface area contributed by atoms with E-state index >= 15 is 0 Å². The molecule has 4 rings (SSSR count). The van der Waals surface area contributed by atoms with E-state index in [1.165, 1.54) is 23.8 Å². The fourth-order valence-electron chi connectivity index (χ4n) is 4.81. The molecule has 1 saturated heterocycles. The zero-order valence-corrected chi connectivity index (χ0v) is 18.0. The molecule has 4 heteroatoms. The Balaban J connectivity index is 1.51. The maximum Gasteiger partial charge on any atom is 0.308 e. The van der Waals surface area contributed by atoms with Crippen LogP contribution in [0.25, 0.3) is 16.7 Å². The van der Waals surface area contributed by atoms with Gasteiger partial charge in [-0.3, -0.25) is 9.69 Å². The summed E-state index contributed by atoms with van der Waals surface area (Å²) in [5.74, 6) is 0.00358. The van der Waals surface area contributed by atoms with Crippen molar-refractivity contribution >= 4 is 23.1 Å². The van der Waals surface area contributed by atoms with Crippen molar-refractivity contribution in [3.8, 4) is 11.1 Å². The number of piperidine rings is 1. The lowest BCUT2D eigenvalue weighted by atomic mass is 9.94. The lowest BCUT2D eigenvalue weighted by Crippen LogP contribution is -2.38. The van der Waals surface area contributed by atoms with E-state index in [1.807, 2.05) is 13.0 Å². The van der Waals surface area contributed by atoms with Gasteiger partial charge in [-0.2, -0.15) is 0 Å². The molecule has 0 saturated carbocycles. The van der Waals surface area contributed by atoms with Gasteiger partial charge in [0.15, 0.2) is 0 Å². The second kappa shape index (κ2) is 8.33. The van der Waals surface area contributed by atoms with Crippen LogP contribution in [0.3, 0.4) is 0 Å². The third kappa shape index (κ3) is 3.99. The number of allylic oxidation sites excluding steroid dienone is 1. The van der Waals surface area contributed by atoms with Gasteiger partial charge in [0.25, 0.3) is 0 Å². The number of aryl methyl sites for hydroxylation is 1. The number of nitrogens with zero attached hydrogens (tertiary/aromatic N) is 1. The largest absolute Gasteiger partial charge is 0.469 e. The van der Waals surface area contributed by atoms with E-state index < -0.39 is 0 Å². The summed E-state index contributed by atoms with van der Waals surface area (Å²) in [5.41, 5.74) is 7.22. The van der Waals surface area contributed by atoms with Crippen LogP contribution in [0.1, 0.15) is 48.9 Å². The van der Waals surface area contributed by atoms with Crippen LogP contribution >= 0.6 is 11.6 Å². The number of hydrogen-bond acceptors (Lipinski definition) is 3. The Morgan fingerprint density at radius 3 is 2.45 bits per heavy atom. The summed E-state index contributed by atoms with van der Waals surface area (Å²) in [4.78, 5) is 14.3. The lowest BCUT2D eigenvalue weighted by Gasteiger charge is -2.35. The summed E-state index contributed by atoms with van der Waals surface area (Å²) in [6, 6.07) is 13.5. The molecule has 2 aromatic rings. The Hall–Kier alpha value is -2.10. The van der Waals surface area contributed by atoms with Crippen molar-refractivity contribution in [3.63, 3.8) is 0 Å². The predicted molar refractivity (Wildman–Crippen MR) is 119 cm³/mol. The molecule has 0 aromatic heterocycles. The number of methoxy groups -OCH3 is 1. The Morgan fingerprint density at radius 1 is 1.10 bits per heavy atom. The highest BCUT2D eigenvalue weighted by atomic mass is 35.5. The van der Waals surface area contributed by atoms with E-state index in [0.717, 1.165) is 60.5 Å². The van der Waals surface area contributed by atoms with E-state index in [-0.39, 0.29) is 11.9 Å². The standard InChI is InChI=1S/C25H28ClNO2/c1-16(2)21-7-4-19(15-23(21)26)18-5-8-22-20(14-18)6-9-24(22)27-12-10-17(11-13-27)25(28)29-3/h4-5,7-8,14-15,17,24H,1,6,9-13H2,2-3H3. The number of esters is 1. The van der Waals surface area contributed by atoms with Crippen molar-refractivity contribution in [2.45, 2.75) is 38.6 Å². The van der Waals surface area contributed by atoms with Gasteiger partial charge in [-0.05, 0) is 85.2 Å². The highest BCUT2D eigenvalue weighted by molar-refractivity contribution is 6.32. The molecule has 3 nitrogen and oxygen atoms in total. The number of halogens is 1. The first-order chi connectivity index (χ1) is 14.0. The SMILES string of the molecule is C=C(C)c1ccc(-c2ccc3c(c2)CCC3N2CCC(C(=O)OC)CC2)cc1Cl. The summed E-state index contributed by atoms with van der Waals surface area (Å²) in [6.07, 6.45) is 4.04. The van der Waals surface area contributed by atoms with Gasteiger partial charge in [0, 0.05) is 11.1 Å². The van der Waals surface area contributed by atoms with E-state index in [2.05, 4.69) is 41.8 Å². The maximum absolute atomic E-state index is 11.8. The van der Waals surface area contributed by atoms with Crippen molar-refractivity contribution in [3.05, 3.63) is 64.7 Å². The second-order valence-electron chi connectivity index (χ2n) is 8.28. The van der Waals surface area contributed by atoms with Crippen LogP contribution in [0.15, 0.2) is 43.0 Å². The smallest absolute Gasteiger partial charge is 0.308 e. The molecule has 152 valence electrons. The second-order valence-corrected chi connectivity index (χ2v) is 8.68. The normalized spacial score (nSPS) is 19.8. The van der Waals surface area contributed by atoms with Gasteiger partial charge in [0.05, 0.1) is 13.0 Å². The molecule has 2 aliphatic rings. The minimum absolute atomic E-state index is 0.0579. The fraction of sp³-hybridized carbons (Fsp3) is 0.400.